The molecule has 0 N–H and O–H groups in total. The van der Waals surface area contributed by atoms with Crippen LogP contribution in [-0.2, 0) is 22.4 Å². The Balaban J connectivity index is 1.67. The predicted molar refractivity (Wildman–Crippen MR) is 86.6 cm³/mol. The van der Waals surface area contributed by atoms with Gasteiger partial charge in [-0.05, 0) is 18.6 Å². The van der Waals surface area contributed by atoms with Crippen LogP contribution in [0.1, 0.15) is 36.0 Å². The van der Waals surface area contributed by atoms with Gasteiger partial charge in [0.2, 0.25) is 17.7 Å². The molecule has 1 aliphatic rings. The molecule has 1 saturated heterocycles. The first-order chi connectivity index (χ1) is 11.1. The van der Waals surface area contributed by atoms with Gasteiger partial charge < -0.3 is 14.1 Å². The van der Waals surface area contributed by atoms with Crippen molar-refractivity contribution in [3.63, 3.8) is 0 Å². The van der Waals surface area contributed by atoms with E-state index in [1.165, 1.54) is 4.88 Å². The first-order valence-electron chi connectivity index (χ1n) is 7.43. The quantitative estimate of drug-likeness (QED) is 0.824. The third kappa shape index (κ3) is 3.73. The molecule has 3 heterocycles. The highest BCUT2D eigenvalue weighted by atomic mass is 35.5. The van der Waals surface area contributed by atoms with Gasteiger partial charge >= 0.3 is 0 Å². The molecule has 1 aliphatic heterocycles. The number of hydrogen-bond donors (Lipinski definition) is 0. The molecule has 0 unspecified atom stereocenters. The largest absolute Gasteiger partial charge is 0.423 e. The lowest BCUT2D eigenvalue weighted by molar-refractivity contribution is -0.130. The molecule has 0 spiro atoms. The van der Waals surface area contributed by atoms with Crippen molar-refractivity contribution in [1.82, 2.24) is 15.1 Å². The summed E-state index contributed by atoms with van der Waals surface area (Å²) in [6.07, 6.45) is 2.15. The summed E-state index contributed by atoms with van der Waals surface area (Å²) in [4.78, 5) is 14.7. The molecule has 1 amide bonds. The van der Waals surface area contributed by atoms with Crippen LogP contribution in [0, 0.1) is 0 Å². The van der Waals surface area contributed by atoms with Crippen LogP contribution >= 0.6 is 22.9 Å². The summed E-state index contributed by atoms with van der Waals surface area (Å²) in [5, 5.41) is 8.23. The summed E-state index contributed by atoms with van der Waals surface area (Å²) >= 11 is 7.48. The second-order valence-corrected chi connectivity index (χ2v) is 7.32. The number of aryl methyl sites for hydroxylation is 2. The Kier molecular flexibility index (Phi) is 4.99. The van der Waals surface area contributed by atoms with Crippen molar-refractivity contribution in [2.75, 3.05) is 13.7 Å². The normalized spacial score (nSPS) is 21.1. The maximum atomic E-state index is 11.8. The van der Waals surface area contributed by atoms with Crippen LogP contribution < -0.4 is 0 Å². The fraction of sp³-hybridized carbons (Fsp3) is 0.533. The number of nitrogens with zero attached hydrogens (tertiary/aromatic N) is 3. The fourth-order valence-electron chi connectivity index (χ4n) is 2.77. The van der Waals surface area contributed by atoms with Crippen molar-refractivity contribution in [3.8, 4) is 0 Å². The Labute approximate surface area is 143 Å². The van der Waals surface area contributed by atoms with Crippen LogP contribution in [0.3, 0.4) is 0 Å². The van der Waals surface area contributed by atoms with Crippen molar-refractivity contribution in [1.29, 1.82) is 0 Å². The lowest BCUT2D eigenvalue weighted by atomic mass is 10.2. The second-order valence-electron chi connectivity index (χ2n) is 5.52. The third-order valence-corrected chi connectivity index (χ3v) is 5.27. The molecule has 124 valence electrons. The highest BCUT2D eigenvalue weighted by Gasteiger charge is 2.38. The van der Waals surface area contributed by atoms with E-state index in [0.717, 1.165) is 10.8 Å². The number of aromatic nitrogens is 2. The standard InChI is InChI=1S/C15H18ClN3O3S/c1-9(20)19-8-10(21-2)7-12(19)15-18-17-14(22-15)6-4-11-3-5-13(16)23-11/h3,5,10,12H,4,6-8H2,1-2H3/t10-,12+/m0/s1. The predicted octanol–water partition coefficient (Wildman–Crippen LogP) is 2.88. The van der Waals surface area contributed by atoms with Crippen LogP contribution in [0.25, 0.3) is 0 Å². The molecule has 0 aromatic carbocycles. The molecule has 23 heavy (non-hydrogen) atoms. The first kappa shape index (κ1) is 16.4. The number of rotatable bonds is 5. The van der Waals surface area contributed by atoms with E-state index in [9.17, 15) is 4.79 Å². The van der Waals surface area contributed by atoms with E-state index in [4.69, 9.17) is 20.8 Å². The minimum atomic E-state index is -0.199. The van der Waals surface area contributed by atoms with E-state index in [2.05, 4.69) is 10.2 Å². The zero-order valence-electron chi connectivity index (χ0n) is 13.0. The van der Waals surface area contributed by atoms with Crippen molar-refractivity contribution < 1.29 is 13.9 Å². The Morgan fingerprint density at radius 2 is 2.30 bits per heavy atom. The number of amides is 1. The number of methoxy groups -OCH3 is 1. The molecule has 8 heteroatoms. The van der Waals surface area contributed by atoms with E-state index in [0.29, 0.717) is 31.2 Å². The molecule has 3 rings (SSSR count). The molecule has 0 aliphatic carbocycles. The molecular weight excluding hydrogens is 338 g/mol. The zero-order valence-corrected chi connectivity index (χ0v) is 14.6. The van der Waals surface area contributed by atoms with Crippen LogP contribution in [0.2, 0.25) is 4.34 Å². The van der Waals surface area contributed by atoms with Crippen molar-refractivity contribution in [3.05, 3.63) is 33.1 Å². The smallest absolute Gasteiger partial charge is 0.239 e. The van der Waals surface area contributed by atoms with E-state index >= 15 is 0 Å². The maximum absolute atomic E-state index is 11.8. The van der Waals surface area contributed by atoms with Crippen LogP contribution in [-0.4, -0.2) is 40.8 Å². The summed E-state index contributed by atoms with van der Waals surface area (Å²) in [6.45, 7) is 2.10. The molecule has 2 atom stereocenters. The number of likely N-dealkylation sites (tertiary alicyclic amines) is 1. The summed E-state index contributed by atoms with van der Waals surface area (Å²) < 4.78 is 11.9. The minimum Gasteiger partial charge on any atom is -0.423 e. The van der Waals surface area contributed by atoms with Crippen molar-refractivity contribution in [2.45, 2.75) is 38.3 Å². The molecule has 2 aromatic heterocycles. The topological polar surface area (TPSA) is 68.5 Å². The molecule has 1 fully saturated rings. The van der Waals surface area contributed by atoms with Gasteiger partial charge in [-0.25, -0.2) is 0 Å². The average molecular weight is 356 g/mol. The lowest BCUT2D eigenvalue weighted by Crippen LogP contribution is -2.29. The van der Waals surface area contributed by atoms with Crippen LogP contribution in [0.4, 0.5) is 0 Å². The maximum Gasteiger partial charge on any atom is 0.239 e. The molecule has 0 radical (unpaired) electrons. The van der Waals surface area contributed by atoms with Gasteiger partial charge in [0.1, 0.15) is 6.04 Å². The summed E-state index contributed by atoms with van der Waals surface area (Å²) in [5.41, 5.74) is 0. The minimum absolute atomic E-state index is 0.00695. The Hall–Kier alpha value is -1.44. The van der Waals surface area contributed by atoms with Gasteiger partial charge in [-0.3, -0.25) is 4.79 Å². The number of ether oxygens (including phenoxy) is 1. The van der Waals surface area contributed by atoms with E-state index in [1.807, 2.05) is 12.1 Å². The van der Waals surface area contributed by atoms with E-state index < -0.39 is 0 Å². The zero-order chi connectivity index (χ0) is 16.4. The highest BCUT2D eigenvalue weighted by molar-refractivity contribution is 7.16. The number of carbonyl (C=O) groups is 1. The van der Waals surface area contributed by atoms with Crippen LogP contribution in [0.15, 0.2) is 16.5 Å². The van der Waals surface area contributed by atoms with Gasteiger partial charge in [-0.15, -0.1) is 21.5 Å². The Bertz CT molecular complexity index is 687. The number of carbonyl (C=O) groups excluding carboxylic acids is 1. The van der Waals surface area contributed by atoms with Gasteiger partial charge in [0.05, 0.1) is 10.4 Å². The first-order valence-corrected chi connectivity index (χ1v) is 8.62. The Morgan fingerprint density at radius 3 is 2.96 bits per heavy atom. The SMILES string of the molecule is CO[C@H]1C[C@H](c2nnc(CCc3ccc(Cl)s3)o2)N(C(C)=O)C1. The van der Waals surface area contributed by atoms with Crippen LogP contribution in [0.5, 0.6) is 0 Å². The summed E-state index contributed by atoms with van der Waals surface area (Å²) in [5.74, 6) is 1.05. The van der Waals surface area contributed by atoms with Gasteiger partial charge in [0, 0.05) is 38.3 Å². The van der Waals surface area contributed by atoms with Crippen molar-refractivity contribution in [2.24, 2.45) is 0 Å². The van der Waals surface area contributed by atoms with Gasteiger partial charge in [0.25, 0.3) is 0 Å². The van der Waals surface area contributed by atoms with E-state index in [1.54, 1.807) is 30.3 Å². The van der Waals surface area contributed by atoms with Crippen molar-refractivity contribution >= 4 is 28.8 Å². The van der Waals surface area contributed by atoms with E-state index in [-0.39, 0.29) is 18.1 Å². The monoisotopic (exact) mass is 355 g/mol. The Morgan fingerprint density at radius 1 is 1.48 bits per heavy atom. The number of halogens is 1. The average Bonchev–Trinajstić information content (AvgIpc) is 3.23. The summed E-state index contributed by atoms with van der Waals surface area (Å²) in [6, 6.07) is 3.69. The van der Waals surface area contributed by atoms with Gasteiger partial charge in [-0.1, -0.05) is 11.6 Å². The van der Waals surface area contributed by atoms with Gasteiger partial charge in [-0.2, -0.15) is 0 Å². The van der Waals surface area contributed by atoms with Gasteiger partial charge in [0.15, 0.2) is 0 Å². The fourth-order valence-corrected chi connectivity index (χ4v) is 3.86. The molecule has 0 bridgehead atoms. The number of thiophene rings is 1. The number of hydrogen-bond acceptors (Lipinski definition) is 6. The second kappa shape index (κ2) is 6.98. The molecular formula is C15H18ClN3O3S. The molecule has 0 saturated carbocycles. The molecule has 2 aromatic rings. The summed E-state index contributed by atoms with van der Waals surface area (Å²) in [7, 11) is 1.65. The third-order valence-electron chi connectivity index (χ3n) is 3.98. The molecule has 6 nitrogen and oxygen atoms in total. The lowest BCUT2D eigenvalue weighted by Gasteiger charge is -2.19. The highest BCUT2D eigenvalue weighted by Crippen LogP contribution is 2.32.